The lowest BCUT2D eigenvalue weighted by atomic mass is 10.1. The maximum atomic E-state index is 12.6. The summed E-state index contributed by atoms with van der Waals surface area (Å²) >= 11 is 0. The third-order valence-electron chi connectivity index (χ3n) is 3.01. The number of primary amides is 1. The second-order valence-electron chi connectivity index (χ2n) is 4.36. The van der Waals surface area contributed by atoms with Crippen molar-refractivity contribution in [3.05, 3.63) is 29.8 Å². The van der Waals surface area contributed by atoms with Crippen molar-refractivity contribution < 1.29 is 22.8 Å². The zero-order valence-electron chi connectivity index (χ0n) is 9.78. The second kappa shape index (κ2) is 4.56. The third-order valence-corrected chi connectivity index (χ3v) is 3.01. The Kier molecular flexibility index (Phi) is 3.21. The molecular weight excluding hydrogens is 261 g/mol. The minimum atomic E-state index is -4.47. The van der Waals surface area contributed by atoms with E-state index < -0.39 is 29.5 Å². The van der Waals surface area contributed by atoms with E-state index in [2.05, 4.69) is 0 Å². The predicted molar refractivity (Wildman–Crippen MR) is 61.1 cm³/mol. The number of rotatable bonds is 2. The number of hydrogen-bond donors (Lipinski definition) is 1. The number of carbonyl (C=O) groups is 2. The van der Waals surface area contributed by atoms with Gasteiger partial charge in [-0.05, 0) is 18.2 Å². The van der Waals surface area contributed by atoms with Gasteiger partial charge in [-0.3, -0.25) is 9.59 Å². The molecule has 7 heteroatoms. The van der Waals surface area contributed by atoms with Gasteiger partial charge < -0.3 is 10.6 Å². The Morgan fingerprint density at radius 1 is 1.37 bits per heavy atom. The van der Waals surface area contributed by atoms with Crippen molar-refractivity contribution in [2.45, 2.75) is 12.6 Å². The number of benzene rings is 1. The fourth-order valence-electron chi connectivity index (χ4n) is 2.00. The van der Waals surface area contributed by atoms with Crippen molar-refractivity contribution in [1.29, 1.82) is 0 Å². The maximum absolute atomic E-state index is 12.6. The van der Waals surface area contributed by atoms with Crippen LogP contribution < -0.4 is 10.6 Å². The number of nitrogens with two attached hydrogens (primary N) is 1. The van der Waals surface area contributed by atoms with Crippen LogP contribution in [0, 0.1) is 5.92 Å². The number of nitrogens with zero attached hydrogens (tertiary/aromatic N) is 1. The highest BCUT2D eigenvalue weighted by atomic mass is 19.4. The topological polar surface area (TPSA) is 63.4 Å². The Morgan fingerprint density at radius 3 is 2.58 bits per heavy atom. The molecule has 1 heterocycles. The molecule has 1 aromatic carbocycles. The molecule has 0 unspecified atom stereocenters. The molecule has 0 aliphatic carbocycles. The predicted octanol–water partition coefficient (Wildman–Crippen LogP) is 1.54. The molecule has 0 spiro atoms. The van der Waals surface area contributed by atoms with Gasteiger partial charge in [-0.15, -0.1) is 0 Å². The fraction of sp³-hybridized carbons (Fsp3) is 0.333. The van der Waals surface area contributed by atoms with E-state index in [1.807, 2.05) is 0 Å². The summed E-state index contributed by atoms with van der Waals surface area (Å²) < 4.78 is 37.7. The van der Waals surface area contributed by atoms with Gasteiger partial charge in [0.25, 0.3) is 0 Å². The number of amides is 2. The number of anilines is 1. The Bertz CT molecular complexity index is 528. The minimum Gasteiger partial charge on any atom is -0.369 e. The largest absolute Gasteiger partial charge is 0.416 e. The zero-order valence-corrected chi connectivity index (χ0v) is 9.78. The molecule has 1 aromatic rings. The normalized spacial score (nSPS) is 19.8. The van der Waals surface area contributed by atoms with E-state index in [1.165, 1.54) is 12.1 Å². The Balaban J connectivity index is 2.28. The quantitative estimate of drug-likeness (QED) is 0.887. The second-order valence-corrected chi connectivity index (χ2v) is 4.36. The van der Waals surface area contributed by atoms with Gasteiger partial charge >= 0.3 is 6.18 Å². The molecule has 1 fully saturated rings. The van der Waals surface area contributed by atoms with Gasteiger partial charge in [0.05, 0.1) is 11.5 Å². The smallest absolute Gasteiger partial charge is 0.369 e. The van der Waals surface area contributed by atoms with Gasteiger partial charge in [-0.1, -0.05) is 6.07 Å². The van der Waals surface area contributed by atoms with Crippen LogP contribution in [0.4, 0.5) is 18.9 Å². The third kappa shape index (κ3) is 2.69. The highest BCUT2D eigenvalue weighted by Gasteiger charge is 2.35. The first-order chi connectivity index (χ1) is 8.79. The number of carbonyl (C=O) groups excluding carboxylic acids is 2. The number of hydrogen-bond acceptors (Lipinski definition) is 2. The van der Waals surface area contributed by atoms with Gasteiger partial charge in [0, 0.05) is 18.7 Å². The highest BCUT2D eigenvalue weighted by Crippen LogP contribution is 2.33. The van der Waals surface area contributed by atoms with Crippen LogP contribution in [0.1, 0.15) is 12.0 Å². The Hall–Kier alpha value is -2.05. The fourth-order valence-corrected chi connectivity index (χ4v) is 2.00. The Labute approximate surface area is 107 Å². The lowest BCUT2D eigenvalue weighted by Gasteiger charge is -2.17. The van der Waals surface area contributed by atoms with Crippen LogP contribution in [0.5, 0.6) is 0 Å². The molecule has 1 aliphatic heterocycles. The summed E-state index contributed by atoms with van der Waals surface area (Å²) in [4.78, 5) is 23.9. The standard InChI is InChI=1S/C12H11F3N2O2/c13-12(14,15)8-2-1-3-9(5-8)17-6-7(11(16)19)4-10(17)18/h1-3,5,7H,4,6H2,(H2,16,19)/t7-/m1/s1. The van der Waals surface area contributed by atoms with Crippen LogP contribution in [0.2, 0.25) is 0 Å². The molecule has 0 bridgehead atoms. The lowest BCUT2D eigenvalue weighted by Crippen LogP contribution is -2.28. The average Bonchev–Trinajstić information content (AvgIpc) is 2.71. The van der Waals surface area contributed by atoms with E-state index in [0.29, 0.717) is 0 Å². The zero-order chi connectivity index (χ0) is 14.2. The first-order valence-electron chi connectivity index (χ1n) is 5.56. The molecule has 0 saturated carbocycles. The molecule has 19 heavy (non-hydrogen) atoms. The molecule has 2 N–H and O–H groups in total. The molecule has 0 aromatic heterocycles. The molecule has 0 radical (unpaired) electrons. The SMILES string of the molecule is NC(=O)[C@@H]1CC(=O)N(c2cccc(C(F)(F)F)c2)C1. The van der Waals surface area contributed by atoms with Crippen molar-refractivity contribution >= 4 is 17.5 Å². The van der Waals surface area contributed by atoms with E-state index in [0.717, 1.165) is 17.0 Å². The molecule has 1 saturated heterocycles. The van der Waals surface area contributed by atoms with Crippen LogP contribution in [0.15, 0.2) is 24.3 Å². The van der Waals surface area contributed by atoms with E-state index in [9.17, 15) is 22.8 Å². The molecule has 1 atom stereocenters. The first kappa shape index (κ1) is 13.4. The van der Waals surface area contributed by atoms with Crippen molar-refractivity contribution in [2.24, 2.45) is 11.7 Å². The van der Waals surface area contributed by atoms with Crippen molar-refractivity contribution in [3.63, 3.8) is 0 Å². The summed E-state index contributed by atoms with van der Waals surface area (Å²) in [5.41, 5.74) is 4.40. The van der Waals surface area contributed by atoms with E-state index in [4.69, 9.17) is 5.73 Å². The maximum Gasteiger partial charge on any atom is 0.416 e. The summed E-state index contributed by atoms with van der Waals surface area (Å²) in [6.07, 6.45) is -4.53. The summed E-state index contributed by atoms with van der Waals surface area (Å²) in [7, 11) is 0. The number of alkyl halides is 3. The molecule has 2 rings (SSSR count). The average molecular weight is 272 g/mol. The highest BCUT2D eigenvalue weighted by molar-refractivity contribution is 6.00. The summed E-state index contributed by atoms with van der Waals surface area (Å²) in [5.74, 6) is -1.67. The first-order valence-corrected chi connectivity index (χ1v) is 5.56. The monoisotopic (exact) mass is 272 g/mol. The summed E-state index contributed by atoms with van der Waals surface area (Å²) in [6.45, 7) is 0.0233. The summed E-state index contributed by atoms with van der Waals surface area (Å²) in [6, 6.07) is 4.44. The van der Waals surface area contributed by atoms with E-state index in [-0.39, 0.29) is 18.7 Å². The van der Waals surface area contributed by atoms with Crippen molar-refractivity contribution in [2.75, 3.05) is 11.4 Å². The molecule has 2 amide bonds. The van der Waals surface area contributed by atoms with Crippen LogP contribution in [0.25, 0.3) is 0 Å². The minimum absolute atomic E-state index is 0.0233. The van der Waals surface area contributed by atoms with Crippen LogP contribution >= 0.6 is 0 Å². The van der Waals surface area contributed by atoms with Gasteiger partial charge in [-0.2, -0.15) is 13.2 Å². The lowest BCUT2D eigenvalue weighted by molar-refractivity contribution is -0.137. The van der Waals surface area contributed by atoms with E-state index >= 15 is 0 Å². The van der Waals surface area contributed by atoms with Crippen molar-refractivity contribution in [3.8, 4) is 0 Å². The van der Waals surface area contributed by atoms with Gasteiger partial charge in [0.2, 0.25) is 11.8 Å². The molecule has 4 nitrogen and oxygen atoms in total. The molecular formula is C12H11F3N2O2. The number of halogens is 3. The van der Waals surface area contributed by atoms with Crippen LogP contribution in [0.3, 0.4) is 0 Å². The summed E-state index contributed by atoms with van der Waals surface area (Å²) in [5, 5.41) is 0. The van der Waals surface area contributed by atoms with Crippen LogP contribution in [-0.4, -0.2) is 18.4 Å². The molecule has 102 valence electrons. The van der Waals surface area contributed by atoms with Crippen LogP contribution in [-0.2, 0) is 15.8 Å². The van der Waals surface area contributed by atoms with E-state index in [1.54, 1.807) is 0 Å². The molecule has 1 aliphatic rings. The Morgan fingerprint density at radius 2 is 2.05 bits per heavy atom. The van der Waals surface area contributed by atoms with Gasteiger partial charge in [0.1, 0.15) is 0 Å². The van der Waals surface area contributed by atoms with Gasteiger partial charge in [0.15, 0.2) is 0 Å². The van der Waals surface area contributed by atoms with Crippen molar-refractivity contribution in [1.82, 2.24) is 0 Å². The van der Waals surface area contributed by atoms with Gasteiger partial charge in [-0.25, -0.2) is 0 Å².